The highest BCUT2D eigenvalue weighted by Gasteiger charge is 2.33. The van der Waals surface area contributed by atoms with Gasteiger partial charge in [-0.2, -0.15) is 13.2 Å². The highest BCUT2D eigenvalue weighted by Crippen LogP contribution is 2.31. The minimum atomic E-state index is -4.64. The van der Waals surface area contributed by atoms with Crippen molar-refractivity contribution in [2.75, 3.05) is 19.7 Å². The molecule has 0 aliphatic carbocycles. The summed E-state index contributed by atoms with van der Waals surface area (Å²) in [5.74, 6) is -0.839. The molecule has 2 atom stereocenters. The van der Waals surface area contributed by atoms with Crippen LogP contribution in [0.4, 0.5) is 17.6 Å². The van der Waals surface area contributed by atoms with Crippen molar-refractivity contribution in [3.05, 3.63) is 65.2 Å². The topological polar surface area (TPSA) is 54.5 Å². The Kier molecular flexibility index (Phi) is 7.29. The van der Waals surface area contributed by atoms with Crippen molar-refractivity contribution >= 4 is 5.91 Å². The smallest absolute Gasteiger partial charge is 0.367 e. The molecule has 1 aromatic carbocycles. The second-order valence-corrected chi connectivity index (χ2v) is 8.71. The maximum Gasteiger partial charge on any atom is 0.416 e. The molecule has 2 fully saturated rings. The Morgan fingerprint density at radius 3 is 2.45 bits per heavy atom. The molecule has 1 aromatic heterocycles. The Bertz CT molecular complexity index is 938. The number of amides is 1. The van der Waals surface area contributed by atoms with Crippen LogP contribution < -0.4 is 5.32 Å². The van der Waals surface area contributed by atoms with Gasteiger partial charge in [0.1, 0.15) is 11.9 Å². The minimum absolute atomic E-state index is 0.0569. The summed E-state index contributed by atoms with van der Waals surface area (Å²) < 4.78 is 57.9. The maximum absolute atomic E-state index is 13.5. The molecule has 5 nitrogen and oxygen atoms in total. The fourth-order valence-corrected chi connectivity index (χ4v) is 4.69. The number of rotatable bonds is 5. The molecule has 2 aromatic rings. The zero-order valence-electron chi connectivity index (χ0n) is 18.2. The van der Waals surface area contributed by atoms with Crippen LogP contribution in [0.5, 0.6) is 0 Å². The average Bonchev–Trinajstić information content (AvgIpc) is 2.82. The second-order valence-electron chi connectivity index (χ2n) is 8.71. The standard InChI is InChI=1S/C24H27F4N3O2/c25-20-12-16(11-19(13-20)24(26,27)28)14-30-23(32)22-2-1-21(15-33-22)31-9-5-18(6-10-31)17-3-7-29-8-4-17/h3-4,7-8,11-13,18,21-22H,1-2,5-6,9-10,14-15H2,(H,30,32)/t21?,22-/m1/s1. The fraction of sp³-hybridized carbons (Fsp3) is 0.500. The van der Waals surface area contributed by atoms with Gasteiger partial charge in [-0.25, -0.2) is 4.39 Å². The van der Waals surface area contributed by atoms with Crippen molar-refractivity contribution in [1.82, 2.24) is 15.2 Å². The van der Waals surface area contributed by atoms with Crippen LogP contribution in [0.2, 0.25) is 0 Å². The molecule has 0 bridgehead atoms. The van der Waals surface area contributed by atoms with Gasteiger partial charge < -0.3 is 10.1 Å². The summed E-state index contributed by atoms with van der Waals surface area (Å²) in [6.45, 7) is 2.19. The molecule has 0 spiro atoms. The first-order valence-electron chi connectivity index (χ1n) is 11.2. The van der Waals surface area contributed by atoms with Crippen LogP contribution in [0.15, 0.2) is 42.7 Å². The number of ether oxygens (including phenoxy) is 1. The van der Waals surface area contributed by atoms with Crippen LogP contribution in [-0.2, 0) is 22.3 Å². The number of likely N-dealkylation sites (tertiary alicyclic amines) is 1. The number of benzene rings is 1. The monoisotopic (exact) mass is 465 g/mol. The van der Waals surface area contributed by atoms with Gasteiger partial charge in [0.25, 0.3) is 0 Å². The van der Waals surface area contributed by atoms with Crippen LogP contribution in [0, 0.1) is 5.82 Å². The van der Waals surface area contributed by atoms with Crippen molar-refractivity contribution in [1.29, 1.82) is 0 Å². The molecule has 2 aliphatic heterocycles. The van der Waals surface area contributed by atoms with Crippen LogP contribution >= 0.6 is 0 Å². The van der Waals surface area contributed by atoms with Crippen molar-refractivity contribution in [2.24, 2.45) is 0 Å². The lowest BCUT2D eigenvalue weighted by atomic mass is 9.89. The summed E-state index contributed by atoms with van der Waals surface area (Å²) in [6, 6.07) is 6.67. The summed E-state index contributed by atoms with van der Waals surface area (Å²) >= 11 is 0. The van der Waals surface area contributed by atoms with Gasteiger partial charge >= 0.3 is 6.18 Å². The SMILES string of the molecule is O=C(NCc1cc(F)cc(C(F)(F)F)c1)[C@H]1CCC(N2CCC(c3ccncc3)CC2)CO1. The number of pyridine rings is 1. The molecule has 0 radical (unpaired) electrons. The van der Waals surface area contributed by atoms with Gasteiger partial charge in [-0.1, -0.05) is 0 Å². The third-order valence-corrected chi connectivity index (χ3v) is 6.52. The number of alkyl halides is 3. The molecule has 1 N–H and O–H groups in total. The van der Waals surface area contributed by atoms with Gasteiger partial charge in [0.2, 0.25) is 5.91 Å². The van der Waals surface area contributed by atoms with Gasteiger partial charge in [0.15, 0.2) is 0 Å². The number of piperidine rings is 1. The lowest BCUT2D eigenvalue weighted by Crippen LogP contribution is -2.49. The number of aromatic nitrogens is 1. The highest BCUT2D eigenvalue weighted by molar-refractivity contribution is 5.80. The van der Waals surface area contributed by atoms with E-state index in [0.29, 0.717) is 25.0 Å². The maximum atomic E-state index is 13.5. The highest BCUT2D eigenvalue weighted by atomic mass is 19.4. The number of hydrogen-bond acceptors (Lipinski definition) is 4. The third-order valence-electron chi connectivity index (χ3n) is 6.52. The molecule has 2 aliphatic rings. The number of carbonyl (C=O) groups excluding carboxylic acids is 1. The normalized spacial score (nSPS) is 22.8. The van der Waals surface area contributed by atoms with E-state index in [-0.39, 0.29) is 24.1 Å². The lowest BCUT2D eigenvalue weighted by Gasteiger charge is -2.40. The molecule has 178 valence electrons. The quantitative estimate of drug-likeness (QED) is 0.670. The van der Waals surface area contributed by atoms with Crippen molar-refractivity contribution in [2.45, 2.75) is 56.5 Å². The predicted octanol–water partition coefficient (Wildman–Crippen LogP) is 4.28. The van der Waals surface area contributed by atoms with E-state index in [0.717, 1.165) is 44.5 Å². The Hall–Kier alpha value is -2.52. The summed E-state index contributed by atoms with van der Waals surface area (Å²) in [6.07, 6.45) is 1.85. The number of carbonyl (C=O) groups is 1. The zero-order valence-corrected chi connectivity index (χ0v) is 18.2. The van der Waals surface area contributed by atoms with E-state index in [4.69, 9.17) is 4.74 Å². The molecular formula is C24H27F4N3O2. The number of nitrogens with one attached hydrogen (secondary N) is 1. The van der Waals surface area contributed by atoms with E-state index in [9.17, 15) is 22.4 Å². The van der Waals surface area contributed by atoms with Crippen LogP contribution in [0.25, 0.3) is 0 Å². The summed E-state index contributed by atoms with van der Waals surface area (Å²) in [7, 11) is 0. The average molecular weight is 465 g/mol. The second kappa shape index (κ2) is 10.2. The van der Waals surface area contributed by atoms with Crippen LogP contribution in [0.1, 0.15) is 48.3 Å². The van der Waals surface area contributed by atoms with E-state index in [1.807, 2.05) is 12.4 Å². The molecule has 3 heterocycles. The minimum Gasteiger partial charge on any atom is -0.367 e. The molecular weight excluding hydrogens is 438 g/mol. The zero-order chi connectivity index (χ0) is 23.4. The van der Waals surface area contributed by atoms with Crippen molar-refractivity contribution < 1.29 is 27.1 Å². The Morgan fingerprint density at radius 2 is 1.82 bits per heavy atom. The number of nitrogens with zero attached hydrogens (tertiary/aromatic N) is 2. The van der Waals surface area contributed by atoms with Crippen molar-refractivity contribution in [3.63, 3.8) is 0 Å². The molecule has 1 unspecified atom stereocenters. The first-order chi connectivity index (χ1) is 15.8. The predicted molar refractivity (Wildman–Crippen MR) is 114 cm³/mol. The Morgan fingerprint density at radius 1 is 1.09 bits per heavy atom. The molecule has 0 saturated carbocycles. The fourth-order valence-electron chi connectivity index (χ4n) is 4.69. The van der Waals surface area contributed by atoms with Crippen molar-refractivity contribution in [3.8, 4) is 0 Å². The molecule has 4 rings (SSSR count). The van der Waals surface area contributed by atoms with E-state index in [1.165, 1.54) is 5.56 Å². The largest absolute Gasteiger partial charge is 0.416 e. The Balaban J connectivity index is 1.22. The number of hydrogen-bond donors (Lipinski definition) is 1. The van der Waals surface area contributed by atoms with Crippen LogP contribution in [0.3, 0.4) is 0 Å². The first kappa shape index (κ1) is 23.6. The molecule has 1 amide bonds. The van der Waals surface area contributed by atoms with Gasteiger partial charge in [0.05, 0.1) is 12.2 Å². The first-order valence-corrected chi connectivity index (χ1v) is 11.2. The van der Waals surface area contributed by atoms with Gasteiger partial charge in [0, 0.05) is 25.0 Å². The number of halogens is 4. The van der Waals surface area contributed by atoms with E-state index < -0.39 is 23.7 Å². The van der Waals surface area contributed by atoms with E-state index >= 15 is 0 Å². The van der Waals surface area contributed by atoms with Gasteiger partial charge in [-0.15, -0.1) is 0 Å². The Labute approximate surface area is 190 Å². The summed E-state index contributed by atoms with van der Waals surface area (Å²) in [4.78, 5) is 18.9. The summed E-state index contributed by atoms with van der Waals surface area (Å²) in [5, 5.41) is 2.58. The van der Waals surface area contributed by atoms with E-state index in [2.05, 4.69) is 27.3 Å². The summed E-state index contributed by atoms with van der Waals surface area (Å²) in [5.41, 5.74) is 0.305. The molecule has 9 heteroatoms. The lowest BCUT2D eigenvalue weighted by molar-refractivity contribution is -0.139. The van der Waals surface area contributed by atoms with E-state index in [1.54, 1.807) is 0 Å². The van der Waals surface area contributed by atoms with Gasteiger partial charge in [-0.05, 0) is 86.1 Å². The molecule has 33 heavy (non-hydrogen) atoms. The molecule has 2 saturated heterocycles. The van der Waals surface area contributed by atoms with Crippen LogP contribution in [-0.4, -0.2) is 47.6 Å². The third kappa shape index (κ3) is 6.09. The van der Waals surface area contributed by atoms with Gasteiger partial charge in [-0.3, -0.25) is 14.7 Å².